The molecule has 0 saturated heterocycles. The predicted molar refractivity (Wildman–Crippen MR) is 132 cm³/mol. The monoisotopic (exact) mass is 475 g/mol. The van der Waals surface area contributed by atoms with Crippen molar-refractivity contribution in [1.82, 2.24) is 5.32 Å². The Hall–Kier alpha value is -4.13. The van der Waals surface area contributed by atoms with Crippen LogP contribution in [-0.4, -0.2) is 36.6 Å². The third kappa shape index (κ3) is 7.71. The first-order valence-electron chi connectivity index (χ1n) is 11.2. The van der Waals surface area contributed by atoms with Crippen LogP contribution in [0.2, 0.25) is 0 Å². The van der Waals surface area contributed by atoms with Crippen LogP contribution in [0.15, 0.2) is 78.9 Å². The summed E-state index contributed by atoms with van der Waals surface area (Å²) in [7, 11) is 1.27. The molecule has 3 aromatic carbocycles. The van der Waals surface area contributed by atoms with Crippen LogP contribution in [-0.2, 0) is 20.7 Å². The first-order chi connectivity index (χ1) is 16.6. The summed E-state index contributed by atoms with van der Waals surface area (Å²) in [6, 6.07) is 22.2. The van der Waals surface area contributed by atoms with Crippen molar-refractivity contribution in [3.8, 4) is 11.5 Å². The van der Waals surface area contributed by atoms with Gasteiger partial charge in [0, 0.05) is 17.5 Å². The van der Waals surface area contributed by atoms with Crippen LogP contribution in [0.4, 0.5) is 4.79 Å². The van der Waals surface area contributed by atoms with Crippen molar-refractivity contribution in [3.63, 3.8) is 0 Å². The van der Waals surface area contributed by atoms with E-state index in [-0.39, 0.29) is 12.2 Å². The third-order valence-corrected chi connectivity index (χ3v) is 4.93. The maximum absolute atomic E-state index is 12.5. The zero-order valence-corrected chi connectivity index (χ0v) is 20.2. The lowest BCUT2D eigenvalue weighted by Gasteiger charge is -2.22. The number of carbonyl (C=O) groups is 3. The summed E-state index contributed by atoms with van der Waals surface area (Å²) < 4.78 is 15.9. The molecule has 7 nitrogen and oxygen atoms in total. The molecule has 0 bridgehead atoms. The van der Waals surface area contributed by atoms with Gasteiger partial charge in [0.05, 0.1) is 7.11 Å². The first kappa shape index (κ1) is 25.5. The van der Waals surface area contributed by atoms with Gasteiger partial charge < -0.3 is 19.5 Å². The zero-order chi connectivity index (χ0) is 25.4. The van der Waals surface area contributed by atoms with Gasteiger partial charge >= 0.3 is 12.1 Å². The van der Waals surface area contributed by atoms with Gasteiger partial charge in [-0.05, 0) is 62.7 Å². The summed E-state index contributed by atoms with van der Waals surface area (Å²) in [5.74, 6) is 0.551. The van der Waals surface area contributed by atoms with Crippen LogP contribution in [0.25, 0.3) is 0 Å². The van der Waals surface area contributed by atoms with Crippen molar-refractivity contribution in [2.24, 2.45) is 0 Å². The number of hydrogen-bond donors (Lipinski definition) is 1. The molecule has 182 valence electrons. The molecule has 0 aromatic heterocycles. The SMILES string of the molecule is COC(=O)[C@@H](Cc1ccc(Oc2ccc(C(=O)c3ccccc3)cc2)cc1)NC(=O)OC(C)(C)C. The average molecular weight is 476 g/mol. The van der Waals surface area contributed by atoms with E-state index in [4.69, 9.17) is 14.2 Å². The number of carbonyl (C=O) groups excluding carboxylic acids is 3. The molecule has 1 atom stereocenters. The summed E-state index contributed by atoms with van der Waals surface area (Å²) in [6.07, 6.45) is -0.468. The molecule has 0 spiro atoms. The molecule has 1 amide bonds. The van der Waals surface area contributed by atoms with E-state index in [1.54, 1.807) is 81.4 Å². The number of ether oxygens (including phenoxy) is 3. The number of nitrogens with one attached hydrogen (secondary N) is 1. The molecule has 3 aromatic rings. The second-order valence-corrected chi connectivity index (χ2v) is 8.89. The van der Waals surface area contributed by atoms with Gasteiger partial charge in [-0.2, -0.15) is 0 Å². The molecule has 0 heterocycles. The van der Waals surface area contributed by atoms with Crippen LogP contribution < -0.4 is 10.1 Å². The normalized spacial score (nSPS) is 11.8. The fraction of sp³-hybridized carbons (Fsp3) is 0.250. The predicted octanol–water partition coefficient (Wildman–Crippen LogP) is 5.32. The zero-order valence-electron chi connectivity index (χ0n) is 20.2. The van der Waals surface area contributed by atoms with Gasteiger partial charge in [-0.25, -0.2) is 9.59 Å². The highest BCUT2D eigenvalue weighted by atomic mass is 16.6. The Morgan fingerprint density at radius 3 is 1.89 bits per heavy atom. The molecule has 0 saturated carbocycles. The molecule has 0 fully saturated rings. The van der Waals surface area contributed by atoms with Gasteiger partial charge in [0.15, 0.2) is 5.78 Å². The largest absolute Gasteiger partial charge is 0.467 e. The van der Waals surface area contributed by atoms with E-state index in [9.17, 15) is 14.4 Å². The maximum atomic E-state index is 12.5. The highest BCUT2D eigenvalue weighted by Gasteiger charge is 2.25. The molecule has 3 rings (SSSR count). The van der Waals surface area contributed by atoms with E-state index < -0.39 is 23.7 Å². The second-order valence-electron chi connectivity index (χ2n) is 8.89. The Morgan fingerprint density at radius 1 is 0.800 bits per heavy atom. The summed E-state index contributed by atoms with van der Waals surface area (Å²) in [5, 5.41) is 2.56. The summed E-state index contributed by atoms with van der Waals surface area (Å²) in [4.78, 5) is 36.8. The minimum absolute atomic E-state index is 0.0540. The smallest absolute Gasteiger partial charge is 0.408 e. The van der Waals surface area contributed by atoms with Crippen molar-refractivity contribution in [3.05, 3.63) is 95.6 Å². The van der Waals surface area contributed by atoms with Gasteiger partial charge in [0.1, 0.15) is 23.1 Å². The molecule has 0 radical (unpaired) electrons. The summed E-state index contributed by atoms with van der Waals surface area (Å²) >= 11 is 0. The van der Waals surface area contributed by atoms with Crippen LogP contribution in [0.5, 0.6) is 11.5 Å². The molecular weight excluding hydrogens is 446 g/mol. The number of esters is 1. The first-order valence-corrected chi connectivity index (χ1v) is 11.2. The Kier molecular flexibility index (Phi) is 8.25. The lowest BCUT2D eigenvalue weighted by atomic mass is 10.0. The molecule has 0 unspecified atom stereocenters. The number of benzene rings is 3. The van der Waals surface area contributed by atoms with E-state index in [1.165, 1.54) is 7.11 Å². The molecule has 0 aliphatic carbocycles. The van der Waals surface area contributed by atoms with Crippen molar-refractivity contribution in [2.45, 2.75) is 38.8 Å². The Morgan fingerprint density at radius 2 is 1.34 bits per heavy atom. The molecule has 0 aliphatic heterocycles. The van der Waals surface area contributed by atoms with Crippen molar-refractivity contribution < 1.29 is 28.6 Å². The lowest BCUT2D eigenvalue weighted by molar-refractivity contribution is -0.143. The number of methoxy groups -OCH3 is 1. The highest BCUT2D eigenvalue weighted by Crippen LogP contribution is 2.23. The third-order valence-electron chi connectivity index (χ3n) is 4.93. The topological polar surface area (TPSA) is 90.9 Å². The quantitative estimate of drug-likeness (QED) is 0.350. The fourth-order valence-electron chi connectivity index (χ4n) is 3.28. The van der Waals surface area contributed by atoms with Gasteiger partial charge in [0.2, 0.25) is 0 Å². The lowest BCUT2D eigenvalue weighted by Crippen LogP contribution is -2.45. The number of ketones is 1. The molecule has 1 N–H and O–H groups in total. The Balaban J connectivity index is 1.62. The number of amides is 1. The highest BCUT2D eigenvalue weighted by molar-refractivity contribution is 6.09. The minimum atomic E-state index is -0.892. The maximum Gasteiger partial charge on any atom is 0.408 e. The van der Waals surface area contributed by atoms with Gasteiger partial charge in [-0.3, -0.25) is 4.79 Å². The molecule has 35 heavy (non-hydrogen) atoms. The van der Waals surface area contributed by atoms with Crippen LogP contribution in [0, 0.1) is 0 Å². The van der Waals surface area contributed by atoms with Crippen LogP contribution in [0.1, 0.15) is 42.3 Å². The second kappa shape index (κ2) is 11.3. The van der Waals surface area contributed by atoms with E-state index in [0.717, 1.165) is 5.56 Å². The van der Waals surface area contributed by atoms with Crippen molar-refractivity contribution >= 4 is 17.8 Å². The van der Waals surface area contributed by atoms with Crippen molar-refractivity contribution in [2.75, 3.05) is 7.11 Å². The number of rotatable bonds is 8. The van der Waals surface area contributed by atoms with Crippen molar-refractivity contribution in [1.29, 1.82) is 0 Å². The van der Waals surface area contributed by atoms with E-state index in [2.05, 4.69) is 5.32 Å². The molecule has 0 aliphatic rings. The fourth-order valence-corrected chi connectivity index (χ4v) is 3.28. The van der Waals surface area contributed by atoms with Gasteiger partial charge in [0.25, 0.3) is 0 Å². The van der Waals surface area contributed by atoms with E-state index in [1.807, 2.05) is 18.2 Å². The molecular formula is C28H29NO6. The molecule has 7 heteroatoms. The van der Waals surface area contributed by atoms with Gasteiger partial charge in [-0.1, -0.05) is 42.5 Å². The average Bonchev–Trinajstić information content (AvgIpc) is 2.83. The van der Waals surface area contributed by atoms with Crippen LogP contribution in [0.3, 0.4) is 0 Å². The van der Waals surface area contributed by atoms with E-state index in [0.29, 0.717) is 22.6 Å². The Bertz CT molecular complexity index is 1150. The van der Waals surface area contributed by atoms with E-state index >= 15 is 0 Å². The minimum Gasteiger partial charge on any atom is -0.467 e. The standard InChI is InChI=1S/C28H29NO6/c1-28(2,3)35-27(32)29-24(26(31)33-4)18-19-10-14-22(15-11-19)34-23-16-12-21(13-17-23)25(30)20-8-6-5-7-9-20/h5-17,24H,18H2,1-4H3,(H,29,32)/t24-/m1/s1. The Labute approximate surface area is 205 Å². The van der Waals surface area contributed by atoms with Crippen LogP contribution >= 0.6 is 0 Å². The number of hydrogen-bond acceptors (Lipinski definition) is 6. The van der Waals surface area contributed by atoms with Gasteiger partial charge in [-0.15, -0.1) is 0 Å². The number of alkyl carbamates (subject to hydrolysis) is 1. The summed E-state index contributed by atoms with van der Waals surface area (Å²) in [6.45, 7) is 5.23. The summed E-state index contributed by atoms with van der Waals surface area (Å²) in [5.41, 5.74) is 1.32.